The van der Waals surface area contributed by atoms with Crippen LogP contribution in [0.5, 0.6) is 0 Å². The Labute approximate surface area is 107 Å². The summed E-state index contributed by atoms with van der Waals surface area (Å²) in [6, 6.07) is -1.82. The summed E-state index contributed by atoms with van der Waals surface area (Å²) in [5.41, 5.74) is 1.77. The lowest BCUT2D eigenvalue weighted by molar-refractivity contribution is -0.296. The van der Waals surface area contributed by atoms with E-state index in [1.165, 1.54) is 0 Å². The number of halogens is 6. The van der Waals surface area contributed by atoms with E-state index in [4.69, 9.17) is 5.84 Å². The Morgan fingerprint density at radius 3 is 1.95 bits per heavy atom. The van der Waals surface area contributed by atoms with Crippen LogP contribution in [-0.4, -0.2) is 18.4 Å². The van der Waals surface area contributed by atoms with Crippen LogP contribution in [-0.2, 0) is 0 Å². The Morgan fingerprint density at radius 2 is 1.58 bits per heavy atom. The molecular weight excluding hydrogens is 274 g/mol. The maximum absolute atomic E-state index is 12.7. The number of hydrogen-bond acceptors (Lipinski definition) is 2. The van der Waals surface area contributed by atoms with Crippen molar-refractivity contribution in [2.24, 2.45) is 23.6 Å². The molecule has 1 fully saturated rings. The minimum atomic E-state index is -5.35. The monoisotopic (exact) mass is 292 g/mol. The Bertz CT molecular complexity index is 274. The van der Waals surface area contributed by atoms with Gasteiger partial charge in [-0.2, -0.15) is 26.3 Å². The van der Waals surface area contributed by atoms with E-state index in [9.17, 15) is 26.3 Å². The third-order valence-corrected chi connectivity index (χ3v) is 3.74. The van der Waals surface area contributed by atoms with E-state index >= 15 is 0 Å². The summed E-state index contributed by atoms with van der Waals surface area (Å²) < 4.78 is 76.1. The molecule has 3 unspecified atom stereocenters. The van der Waals surface area contributed by atoms with Crippen molar-refractivity contribution in [3.05, 3.63) is 0 Å². The largest absolute Gasteiger partial charge is 0.402 e. The summed E-state index contributed by atoms with van der Waals surface area (Å²) in [4.78, 5) is 0. The van der Waals surface area contributed by atoms with Gasteiger partial charge in [0.2, 0.25) is 0 Å². The van der Waals surface area contributed by atoms with Crippen LogP contribution in [0.4, 0.5) is 26.3 Å². The van der Waals surface area contributed by atoms with Crippen LogP contribution in [0, 0.1) is 17.8 Å². The predicted molar refractivity (Wildman–Crippen MR) is 57.8 cm³/mol. The fourth-order valence-corrected chi connectivity index (χ4v) is 2.90. The maximum Gasteiger partial charge on any atom is 0.402 e. The lowest BCUT2D eigenvalue weighted by atomic mass is 9.74. The first-order valence-corrected chi connectivity index (χ1v) is 6.17. The van der Waals surface area contributed by atoms with Crippen LogP contribution in [0.25, 0.3) is 0 Å². The molecule has 0 heterocycles. The van der Waals surface area contributed by atoms with Gasteiger partial charge in [-0.3, -0.25) is 11.3 Å². The van der Waals surface area contributed by atoms with Crippen LogP contribution < -0.4 is 11.3 Å². The van der Waals surface area contributed by atoms with E-state index in [0.29, 0.717) is 19.3 Å². The molecule has 0 aromatic carbocycles. The van der Waals surface area contributed by atoms with Gasteiger partial charge in [0.15, 0.2) is 5.92 Å². The van der Waals surface area contributed by atoms with Gasteiger partial charge in [-0.05, 0) is 24.7 Å². The van der Waals surface area contributed by atoms with Crippen molar-refractivity contribution in [3.63, 3.8) is 0 Å². The zero-order chi connectivity index (χ0) is 14.8. The van der Waals surface area contributed by atoms with Crippen molar-refractivity contribution in [2.45, 2.75) is 51.0 Å². The van der Waals surface area contributed by atoms with Gasteiger partial charge in [0, 0.05) is 6.04 Å². The maximum atomic E-state index is 12.7. The minimum Gasteiger partial charge on any atom is -0.271 e. The molecule has 1 aliphatic carbocycles. The smallest absolute Gasteiger partial charge is 0.271 e. The van der Waals surface area contributed by atoms with Crippen LogP contribution in [0.15, 0.2) is 0 Å². The number of hydrogen-bond donors (Lipinski definition) is 2. The minimum absolute atomic E-state index is 0.122. The summed E-state index contributed by atoms with van der Waals surface area (Å²) in [6.45, 7) is 1.83. The van der Waals surface area contributed by atoms with Gasteiger partial charge in [0.1, 0.15) is 0 Å². The lowest BCUT2D eigenvalue weighted by Crippen LogP contribution is -2.56. The highest BCUT2D eigenvalue weighted by Gasteiger charge is 2.61. The third-order valence-electron chi connectivity index (χ3n) is 3.74. The van der Waals surface area contributed by atoms with Crippen molar-refractivity contribution in [1.29, 1.82) is 0 Å². The second-order valence-corrected chi connectivity index (χ2v) is 5.29. The van der Waals surface area contributed by atoms with Gasteiger partial charge in [0.25, 0.3) is 0 Å². The van der Waals surface area contributed by atoms with Gasteiger partial charge >= 0.3 is 12.4 Å². The van der Waals surface area contributed by atoms with Crippen LogP contribution in [0.2, 0.25) is 0 Å². The van der Waals surface area contributed by atoms with E-state index < -0.39 is 30.2 Å². The van der Waals surface area contributed by atoms with Crippen LogP contribution in [0.3, 0.4) is 0 Å². The van der Waals surface area contributed by atoms with Crippen molar-refractivity contribution in [3.8, 4) is 0 Å². The van der Waals surface area contributed by atoms with Gasteiger partial charge in [-0.1, -0.05) is 19.8 Å². The van der Waals surface area contributed by atoms with E-state index in [1.54, 1.807) is 5.43 Å². The third kappa shape index (κ3) is 4.24. The number of nitrogens with two attached hydrogens (primary N) is 1. The quantitative estimate of drug-likeness (QED) is 0.475. The summed E-state index contributed by atoms with van der Waals surface area (Å²) >= 11 is 0. The molecule has 1 rings (SSSR count). The molecule has 0 saturated heterocycles. The highest BCUT2D eigenvalue weighted by atomic mass is 19.4. The standard InChI is InChI=1S/C11H18F6N2/c1-6-3-2-4-7(5-6)8(19-18)9(10(12,13)14)11(15,16)17/h6-9,19H,2-5,18H2,1H3. The number of hydrazine groups is 1. The number of rotatable bonds is 3. The molecule has 1 saturated carbocycles. The average molecular weight is 292 g/mol. The normalized spacial score (nSPS) is 27.6. The molecule has 0 aliphatic heterocycles. The summed E-state index contributed by atoms with van der Waals surface area (Å²) in [5, 5.41) is 0. The first-order valence-electron chi connectivity index (χ1n) is 6.17. The zero-order valence-corrected chi connectivity index (χ0v) is 10.5. The SMILES string of the molecule is CC1CCCC(C(NN)C(C(F)(F)F)C(F)(F)F)C1. The first-order chi connectivity index (χ1) is 8.57. The van der Waals surface area contributed by atoms with E-state index in [0.717, 1.165) is 6.42 Å². The fourth-order valence-electron chi connectivity index (χ4n) is 2.90. The Morgan fingerprint density at radius 1 is 1.05 bits per heavy atom. The molecule has 2 nitrogen and oxygen atoms in total. The van der Waals surface area contributed by atoms with Gasteiger partial charge < -0.3 is 0 Å². The molecule has 0 aromatic rings. The molecule has 0 radical (unpaired) electrons. The van der Waals surface area contributed by atoms with E-state index in [1.807, 2.05) is 6.92 Å². The molecule has 0 bridgehead atoms. The molecule has 1 aliphatic rings. The van der Waals surface area contributed by atoms with Crippen molar-refractivity contribution < 1.29 is 26.3 Å². The van der Waals surface area contributed by atoms with Gasteiger partial charge in [-0.15, -0.1) is 0 Å². The molecule has 19 heavy (non-hydrogen) atoms. The highest BCUT2D eigenvalue weighted by molar-refractivity contribution is 4.92. The van der Waals surface area contributed by atoms with Crippen molar-refractivity contribution in [1.82, 2.24) is 5.43 Å². The second kappa shape index (κ2) is 5.87. The molecule has 114 valence electrons. The highest BCUT2D eigenvalue weighted by Crippen LogP contribution is 2.45. The average Bonchev–Trinajstić information content (AvgIpc) is 2.21. The molecule has 3 N–H and O–H groups in total. The molecule has 0 aromatic heterocycles. The number of nitrogens with one attached hydrogen (secondary N) is 1. The van der Waals surface area contributed by atoms with E-state index in [2.05, 4.69) is 0 Å². The Hall–Kier alpha value is -0.500. The number of alkyl halides is 6. The fraction of sp³-hybridized carbons (Fsp3) is 1.00. The Balaban J connectivity index is 2.96. The molecule has 8 heteroatoms. The van der Waals surface area contributed by atoms with Crippen LogP contribution in [0.1, 0.15) is 32.6 Å². The van der Waals surface area contributed by atoms with E-state index in [-0.39, 0.29) is 5.92 Å². The Kier molecular flexibility index (Phi) is 5.11. The van der Waals surface area contributed by atoms with Gasteiger partial charge in [0.05, 0.1) is 0 Å². The molecule has 0 spiro atoms. The topological polar surface area (TPSA) is 38.0 Å². The second-order valence-electron chi connectivity index (χ2n) is 5.29. The summed E-state index contributed by atoms with van der Waals surface area (Å²) in [7, 11) is 0. The summed E-state index contributed by atoms with van der Waals surface area (Å²) in [6.07, 6.45) is -8.58. The molecule has 3 atom stereocenters. The molecular formula is C11H18F6N2. The van der Waals surface area contributed by atoms with Crippen molar-refractivity contribution in [2.75, 3.05) is 0 Å². The first kappa shape index (κ1) is 16.6. The van der Waals surface area contributed by atoms with Crippen LogP contribution >= 0.6 is 0 Å². The lowest BCUT2D eigenvalue weighted by Gasteiger charge is -2.38. The summed E-state index contributed by atoms with van der Waals surface area (Å²) in [5.74, 6) is 0.992. The van der Waals surface area contributed by atoms with Gasteiger partial charge in [-0.25, -0.2) is 0 Å². The molecule has 0 amide bonds. The van der Waals surface area contributed by atoms with Crippen molar-refractivity contribution >= 4 is 0 Å². The predicted octanol–water partition coefficient (Wildman–Crippen LogP) is 3.39. The zero-order valence-electron chi connectivity index (χ0n) is 10.5.